The summed E-state index contributed by atoms with van der Waals surface area (Å²) in [6.45, 7) is 4.93. The van der Waals surface area contributed by atoms with Crippen molar-refractivity contribution in [3.8, 4) is 0 Å². The van der Waals surface area contributed by atoms with Crippen LogP contribution in [0.25, 0.3) is 0 Å². The molecule has 0 spiro atoms. The van der Waals surface area contributed by atoms with Crippen molar-refractivity contribution in [2.45, 2.75) is 32.7 Å². The molecule has 0 unspecified atom stereocenters. The summed E-state index contributed by atoms with van der Waals surface area (Å²) >= 11 is 3.14. The monoisotopic (exact) mass is 429 g/mol. The lowest BCUT2D eigenvalue weighted by Gasteiger charge is -2.12. The minimum atomic E-state index is -0.341. The van der Waals surface area contributed by atoms with Gasteiger partial charge in [0.2, 0.25) is 5.91 Å². The third-order valence-corrected chi connectivity index (χ3v) is 4.78. The normalized spacial score (nSPS) is 11.0. The van der Waals surface area contributed by atoms with E-state index in [0.29, 0.717) is 16.9 Å². The number of imidazole rings is 1. The maximum Gasteiger partial charge on any atom is 0.228 e. The lowest BCUT2D eigenvalue weighted by molar-refractivity contribution is -0.115. The van der Waals surface area contributed by atoms with Crippen molar-refractivity contribution in [1.29, 1.82) is 0 Å². The van der Waals surface area contributed by atoms with E-state index in [1.54, 1.807) is 12.1 Å². The van der Waals surface area contributed by atoms with Crippen molar-refractivity contribution in [1.82, 2.24) is 9.55 Å². The summed E-state index contributed by atoms with van der Waals surface area (Å²) in [6.07, 6.45) is 3.96. The first-order valence-electron chi connectivity index (χ1n) is 8.76. The summed E-state index contributed by atoms with van der Waals surface area (Å²) in [7, 11) is 0. The minimum absolute atomic E-state index is 0.142. The van der Waals surface area contributed by atoms with E-state index in [1.165, 1.54) is 6.07 Å². The average molecular weight is 430 g/mol. The predicted molar refractivity (Wildman–Crippen MR) is 108 cm³/mol. The summed E-state index contributed by atoms with van der Waals surface area (Å²) in [5.74, 6) is 0.896. The fourth-order valence-electron chi connectivity index (χ4n) is 2.94. The van der Waals surface area contributed by atoms with Crippen molar-refractivity contribution in [3.63, 3.8) is 0 Å². The van der Waals surface area contributed by atoms with Crippen molar-refractivity contribution in [2.24, 2.45) is 0 Å². The van der Waals surface area contributed by atoms with Gasteiger partial charge in [0.1, 0.15) is 11.6 Å². The Kier molecular flexibility index (Phi) is 6.06. The molecular formula is C21H21BrFN3O. The number of benzene rings is 2. The van der Waals surface area contributed by atoms with Gasteiger partial charge in [-0.3, -0.25) is 4.79 Å². The first kappa shape index (κ1) is 19.3. The summed E-state index contributed by atoms with van der Waals surface area (Å²) in [6, 6.07) is 12.4. The second-order valence-corrected chi connectivity index (χ2v) is 7.60. The van der Waals surface area contributed by atoms with Crippen LogP contribution in [0.2, 0.25) is 0 Å². The van der Waals surface area contributed by atoms with Crippen LogP contribution in [0.3, 0.4) is 0 Å². The van der Waals surface area contributed by atoms with Gasteiger partial charge in [-0.1, -0.05) is 32.0 Å². The number of aromatic nitrogens is 2. The number of carbonyl (C=O) groups excluding carboxylic acids is 1. The number of carbonyl (C=O) groups is 1. The van der Waals surface area contributed by atoms with E-state index in [0.717, 1.165) is 22.6 Å². The van der Waals surface area contributed by atoms with Crippen LogP contribution in [0, 0.1) is 5.82 Å². The SMILES string of the molecule is CC(C)c1nccn1Cc1cccc(NC(=O)Cc2ccc(F)c(Br)c2)c1. The lowest BCUT2D eigenvalue weighted by atomic mass is 10.1. The standard InChI is InChI=1S/C21H21BrFN3O/c1-14(2)21-24-8-9-26(21)13-16-4-3-5-17(10-16)25-20(27)12-15-6-7-19(23)18(22)11-15/h3-11,14H,12-13H2,1-2H3,(H,25,27). The Morgan fingerprint density at radius 1 is 1.22 bits per heavy atom. The van der Waals surface area contributed by atoms with Crippen molar-refractivity contribution >= 4 is 27.5 Å². The summed E-state index contributed by atoms with van der Waals surface area (Å²) < 4.78 is 15.8. The van der Waals surface area contributed by atoms with E-state index >= 15 is 0 Å². The van der Waals surface area contributed by atoms with Gasteiger partial charge < -0.3 is 9.88 Å². The average Bonchev–Trinajstić information content (AvgIpc) is 3.07. The molecule has 4 nitrogen and oxygen atoms in total. The van der Waals surface area contributed by atoms with Crippen LogP contribution in [0.4, 0.5) is 10.1 Å². The minimum Gasteiger partial charge on any atom is -0.330 e. The third-order valence-electron chi connectivity index (χ3n) is 4.18. The second-order valence-electron chi connectivity index (χ2n) is 6.74. The Morgan fingerprint density at radius 2 is 2.04 bits per heavy atom. The molecule has 0 bridgehead atoms. The molecule has 0 saturated carbocycles. The van der Waals surface area contributed by atoms with E-state index < -0.39 is 0 Å². The van der Waals surface area contributed by atoms with Crippen LogP contribution < -0.4 is 5.32 Å². The van der Waals surface area contributed by atoms with Crippen LogP contribution in [0.1, 0.15) is 36.7 Å². The molecule has 1 amide bonds. The number of rotatable bonds is 6. The topological polar surface area (TPSA) is 46.9 Å². The van der Waals surface area contributed by atoms with Gasteiger partial charge in [-0.2, -0.15) is 0 Å². The van der Waals surface area contributed by atoms with Crippen LogP contribution >= 0.6 is 15.9 Å². The molecular weight excluding hydrogens is 409 g/mol. The molecule has 140 valence electrons. The molecule has 0 fully saturated rings. The number of hydrogen-bond acceptors (Lipinski definition) is 2. The van der Waals surface area contributed by atoms with E-state index in [-0.39, 0.29) is 18.1 Å². The van der Waals surface area contributed by atoms with Crippen LogP contribution in [0.5, 0.6) is 0 Å². The van der Waals surface area contributed by atoms with Gasteiger partial charge in [0.25, 0.3) is 0 Å². The van der Waals surface area contributed by atoms with Crippen molar-refractivity contribution in [2.75, 3.05) is 5.32 Å². The summed E-state index contributed by atoms with van der Waals surface area (Å²) in [5, 5.41) is 2.91. The van der Waals surface area contributed by atoms with E-state index in [2.05, 4.69) is 44.6 Å². The first-order valence-corrected chi connectivity index (χ1v) is 9.55. The molecule has 0 atom stereocenters. The fraction of sp³-hybridized carbons (Fsp3) is 0.238. The van der Waals surface area contributed by atoms with Crippen LogP contribution in [0.15, 0.2) is 59.3 Å². The van der Waals surface area contributed by atoms with Crippen molar-refractivity contribution < 1.29 is 9.18 Å². The van der Waals surface area contributed by atoms with Gasteiger partial charge in [0.15, 0.2) is 0 Å². The molecule has 2 aromatic carbocycles. The molecule has 1 aromatic heterocycles. The molecule has 0 aliphatic heterocycles. The van der Waals surface area contributed by atoms with Gasteiger partial charge in [-0.25, -0.2) is 9.37 Å². The highest BCUT2D eigenvalue weighted by molar-refractivity contribution is 9.10. The fourth-order valence-corrected chi connectivity index (χ4v) is 3.37. The Balaban J connectivity index is 1.67. The van der Waals surface area contributed by atoms with E-state index in [4.69, 9.17) is 0 Å². The third kappa shape index (κ3) is 5.04. The molecule has 0 saturated heterocycles. The number of anilines is 1. The van der Waals surface area contributed by atoms with Crippen LogP contribution in [-0.4, -0.2) is 15.5 Å². The molecule has 1 N–H and O–H groups in total. The van der Waals surface area contributed by atoms with E-state index in [9.17, 15) is 9.18 Å². The maximum absolute atomic E-state index is 13.3. The summed E-state index contributed by atoms with van der Waals surface area (Å²) in [4.78, 5) is 16.7. The van der Waals surface area contributed by atoms with Gasteiger partial charge in [-0.05, 0) is 51.3 Å². The highest BCUT2D eigenvalue weighted by Gasteiger charge is 2.09. The number of nitrogens with one attached hydrogen (secondary N) is 1. The highest BCUT2D eigenvalue weighted by atomic mass is 79.9. The lowest BCUT2D eigenvalue weighted by Crippen LogP contribution is -2.14. The molecule has 1 heterocycles. The maximum atomic E-state index is 13.3. The molecule has 3 rings (SSSR count). The Hall–Kier alpha value is -2.47. The smallest absolute Gasteiger partial charge is 0.228 e. The number of hydrogen-bond donors (Lipinski definition) is 1. The predicted octanol–water partition coefficient (Wildman–Crippen LogP) is 5.14. The Labute approximate surface area is 166 Å². The molecule has 3 aromatic rings. The second kappa shape index (κ2) is 8.48. The molecule has 0 aliphatic carbocycles. The van der Waals surface area contributed by atoms with E-state index in [1.807, 2.05) is 36.7 Å². The number of halogens is 2. The van der Waals surface area contributed by atoms with Gasteiger partial charge in [0, 0.05) is 30.5 Å². The van der Waals surface area contributed by atoms with Gasteiger partial charge in [-0.15, -0.1) is 0 Å². The molecule has 0 radical (unpaired) electrons. The zero-order valence-corrected chi connectivity index (χ0v) is 16.8. The van der Waals surface area contributed by atoms with Crippen LogP contribution in [-0.2, 0) is 17.8 Å². The summed E-state index contributed by atoms with van der Waals surface area (Å²) in [5.41, 5.74) is 2.57. The van der Waals surface area contributed by atoms with Crippen molar-refractivity contribution in [3.05, 3.63) is 82.1 Å². The first-order chi connectivity index (χ1) is 12.9. The number of nitrogens with zero attached hydrogens (tertiary/aromatic N) is 2. The molecule has 6 heteroatoms. The Morgan fingerprint density at radius 3 is 2.78 bits per heavy atom. The van der Waals surface area contributed by atoms with Gasteiger partial charge in [0.05, 0.1) is 10.9 Å². The quantitative estimate of drug-likeness (QED) is 0.589. The largest absolute Gasteiger partial charge is 0.330 e. The Bertz CT molecular complexity index is 952. The molecule has 0 aliphatic rings. The van der Waals surface area contributed by atoms with Gasteiger partial charge >= 0.3 is 0 Å². The zero-order chi connectivity index (χ0) is 19.4. The highest BCUT2D eigenvalue weighted by Crippen LogP contribution is 2.19. The molecule has 27 heavy (non-hydrogen) atoms. The number of amides is 1. The zero-order valence-electron chi connectivity index (χ0n) is 15.2.